The smallest absolute Gasteiger partial charge is 0.316 e. The number of ketones is 2. The van der Waals surface area contributed by atoms with Crippen molar-refractivity contribution >= 4 is 23.2 Å². The van der Waals surface area contributed by atoms with Gasteiger partial charge in [0, 0.05) is 49.2 Å². The lowest BCUT2D eigenvalue weighted by Crippen LogP contribution is -2.54. The van der Waals surface area contributed by atoms with Crippen molar-refractivity contribution in [3.8, 4) is 11.3 Å². The van der Waals surface area contributed by atoms with Crippen molar-refractivity contribution in [1.29, 1.82) is 0 Å². The number of cyclic esters (lactones) is 1. The summed E-state index contributed by atoms with van der Waals surface area (Å²) in [5.41, 5.74) is 8.28. The number of Topliss-reactive ketones (excluding diaryl/α,β-unsaturated/α-hetero) is 2. The number of rotatable bonds is 9. The molecule has 3 N–H and O–H groups in total. The molecule has 1 aromatic carbocycles. The number of anilines is 1. The Kier molecular flexibility index (Phi) is 12.7. The van der Waals surface area contributed by atoms with Gasteiger partial charge in [0.25, 0.3) is 0 Å². The number of nitrogens with one attached hydrogen (secondary N) is 1. The third-order valence-corrected chi connectivity index (χ3v) is 8.53. The summed E-state index contributed by atoms with van der Waals surface area (Å²) in [5, 5.41) is 12.1. The first-order chi connectivity index (χ1) is 20.0. The number of nitrogens with two attached hydrogens (primary N) is 1. The van der Waals surface area contributed by atoms with Crippen LogP contribution < -0.4 is 11.1 Å². The number of hydrogen-bond acceptors (Lipinski definition) is 9. The SMILES string of the molecule is CC[C@H]1OC(=O)[C@H](C)C(=O)[C@H](C)CC(C)CCC(=O)[C@H](C)C(NCCCCn2cc(-c3cccc(N)c3)nn2)C1OC. The molecule has 2 aromatic rings. The second-order valence-corrected chi connectivity index (χ2v) is 11.9. The van der Waals surface area contributed by atoms with Crippen molar-refractivity contribution < 1.29 is 23.9 Å². The number of aryl methyl sites for hydroxylation is 1. The monoisotopic (exact) mass is 583 g/mol. The van der Waals surface area contributed by atoms with Gasteiger partial charge in [-0.25, -0.2) is 0 Å². The third-order valence-electron chi connectivity index (χ3n) is 8.53. The predicted octanol–water partition coefficient (Wildman–Crippen LogP) is 4.47. The molecule has 0 saturated carbocycles. The van der Waals surface area contributed by atoms with Gasteiger partial charge in [0.05, 0.1) is 6.20 Å². The molecule has 0 spiro atoms. The van der Waals surface area contributed by atoms with Crippen molar-refractivity contribution in [3.63, 3.8) is 0 Å². The molecular formula is C32H49N5O5. The molecule has 0 aliphatic carbocycles. The molecule has 3 rings (SSSR count). The summed E-state index contributed by atoms with van der Waals surface area (Å²) in [7, 11) is 1.58. The van der Waals surface area contributed by atoms with Gasteiger partial charge < -0.3 is 20.5 Å². The van der Waals surface area contributed by atoms with Gasteiger partial charge in [-0.3, -0.25) is 19.1 Å². The lowest BCUT2D eigenvalue weighted by atomic mass is 9.83. The Morgan fingerprint density at radius 1 is 1.14 bits per heavy atom. The van der Waals surface area contributed by atoms with Crippen LogP contribution >= 0.6 is 0 Å². The molecule has 42 heavy (non-hydrogen) atoms. The maximum Gasteiger partial charge on any atom is 0.316 e. The van der Waals surface area contributed by atoms with Gasteiger partial charge in [-0.05, 0) is 63.6 Å². The Morgan fingerprint density at radius 3 is 2.60 bits per heavy atom. The van der Waals surface area contributed by atoms with Crippen LogP contribution in [0.4, 0.5) is 5.69 Å². The zero-order valence-corrected chi connectivity index (χ0v) is 26.0. The van der Waals surface area contributed by atoms with Crippen molar-refractivity contribution in [2.24, 2.45) is 23.7 Å². The molecule has 2 heterocycles. The Balaban J connectivity index is 1.67. The lowest BCUT2D eigenvalue weighted by molar-refractivity contribution is -0.165. The summed E-state index contributed by atoms with van der Waals surface area (Å²) in [5.74, 6) is -1.77. The number of hydrogen-bond donors (Lipinski definition) is 2. The summed E-state index contributed by atoms with van der Waals surface area (Å²) < 4.78 is 13.6. The quantitative estimate of drug-likeness (QED) is 0.189. The summed E-state index contributed by atoms with van der Waals surface area (Å²) in [6.07, 6.45) is 4.73. The van der Waals surface area contributed by atoms with E-state index in [0.717, 1.165) is 24.1 Å². The Labute approximate surface area is 250 Å². The van der Waals surface area contributed by atoms with E-state index in [1.54, 1.807) is 14.0 Å². The van der Waals surface area contributed by atoms with E-state index in [0.29, 0.717) is 44.5 Å². The molecule has 7 atom stereocenters. The van der Waals surface area contributed by atoms with Crippen molar-refractivity contribution in [2.75, 3.05) is 19.4 Å². The molecule has 1 aliphatic rings. The first-order valence-corrected chi connectivity index (χ1v) is 15.3. The van der Waals surface area contributed by atoms with Crippen LogP contribution in [-0.4, -0.2) is 64.4 Å². The fourth-order valence-electron chi connectivity index (χ4n) is 5.84. The van der Waals surface area contributed by atoms with Gasteiger partial charge in [0.1, 0.15) is 35.4 Å². The molecule has 0 bridgehead atoms. The highest BCUT2D eigenvalue weighted by molar-refractivity contribution is 5.99. The van der Waals surface area contributed by atoms with E-state index in [9.17, 15) is 14.4 Å². The van der Waals surface area contributed by atoms with E-state index in [-0.39, 0.29) is 35.4 Å². The minimum Gasteiger partial charge on any atom is -0.459 e. The number of methoxy groups -OCH3 is 1. The summed E-state index contributed by atoms with van der Waals surface area (Å²) in [4.78, 5) is 39.4. The maximum atomic E-state index is 13.4. The van der Waals surface area contributed by atoms with E-state index in [4.69, 9.17) is 15.2 Å². The van der Waals surface area contributed by atoms with E-state index in [2.05, 4.69) is 22.6 Å². The zero-order chi connectivity index (χ0) is 30.8. The minimum absolute atomic E-state index is 0.116. The average Bonchev–Trinajstić information content (AvgIpc) is 3.45. The van der Waals surface area contributed by atoms with Crippen LogP contribution in [0.25, 0.3) is 11.3 Å². The van der Waals surface area contributed by atoms with E-state index in [1.165, 1.54) is 0 Å². The van der Waals surface area contributed by atoms with Gasteiger partial charge in [0.2, 0.25) is 0 Å². The van der Waals surface area contributed by atoms with Gasteiger partial charge in [-0.1, -0.05) is 45.0 Å². The highest BCUT2D eigenvalue weighted by Crippen LogP contribution is 2.26. The molecule has 0 radical (unpaired) electrons. The van der Waals surface area contributed by atoms with Crippen molar-refractivity contribution in [1.82, 2.24) is 20.3 Å². The lowest BCUT2D eigenvalue weighted by Gasteiger charge is -2.36. The maximum absolute atomic E-state index is 13.4. The number of esters is 1. The van der Waals surface area contributed by atoms with Crippen LogP contribution in [0.2, 0.25) is 0 Å². The summed E-state index contributed by atoms with van der Waals surface area (Å²) in [6.45, 7) is 10.7. The molecule has 232 valence electrons. The van der Waals surface area contributed by atoms with E-state index >= 15 is 0 Å². The number of ether oxygens (including phenoxy) is 2. The average molecular weight is 584 g/mol. The first-order valence-electron chi connectivity index (χ1n) is 15.3. The van der Waals surface area contributed by atoms with E-state index in [1.807, 2.05) is 55.9 Å². The fraction of sp³-hybridized carbons (Fsp3) is 0.656. The van der Waals surface area contributed by atoms with Crippen LogP contribution in [0.5, 0.6) is 0 Å². The second kappa shape index (κ2) is 15.9. The molecule has 1 saturated heterocycles. The van der Waals surface area contributed by atoms with Crippen LogP contribution in [0.1, 0.15) is 73.1 Å². The normalized spacial score (nSPS) is 28.3. The number of carbonyl (C=O) groups excluding carboxylic acids is 3. The van der Waals surface area contributed by atoms with Gasteiger partial charge in [-0.15, -0.1) is 5.10 Å². The molecule has 1 aromatic heterocycles. The predicted molar refractivity (Wildman–Crippen MR) is 162 cm³/mol. The highest BCUT2D eigenvalue weighted by Gasteiger charge is 2.39. The Morgan fingerprint density at radius 2 is 1.90 bits per heavy atom. The fourth-order valence-corrected chi connectivity index (χ4v) is 5.84. The van der Waals surface area contributed by atoms with Gasteiger partial charge in [0.15, 0.2) is 0 Å². The molecule has 10 heteroatoms. The highest BCUT2D eigenvalue weighted by atomic mass is 16.6. The summed E-state index contributed by atoms with van der Waals surface area (Å²) >= 11 is 0. The third kappa shape index (κ3) is 8.94. The Bertz CT molecular complexity index is 1180. The van der Waals surface area contributed by atoms with Crippen molar-refractivity contribution in [3.05, 3.63) is 30.5 Å². The standard InChI is InChI=1S/C32H49N5O5/c1-7-28-31(41-6)29(22(4)27(38)14-13-20(2)17-21(3)30(39)23(5)32(40)42-28)34-15-8-9-16-37-19-26(35-36-37)24-11-10-12-25(33)18-24/h10-12,18-23,28-29,31,34H,7-9,13-17,33H2,1-6H3/t20?,21-,22+,23-,28-,29?,31?/m1/s1. The van der Waals surface area contributed by atoms with Crippen LogP contribution in [0.3, 0.4) is 0 Å². The first kappa shape index (κ1) is 33.4. The summed E-state index contributed by atoms with van der Waals surface area (Å²) in [6, 6.07) is 7.20. The topological polar surface area (TPSA) is 138 Å². The van der Waals surface area contributed by atoms with Gasteiger partial charge in [-0.2, -0.15) is 0 Å². The number of nitrogens with zero attached hydrogens (tertiary/aromatic N) is 3. The van der Waals surface area contributed by atoms with Crippen LogP contribution in [-0.2, 0) is 30.4 Å². The molecule has 1 fully saturated rings. The van der Waals surface area contributed by atoms with Gasteiger partial charge >= 0.3 is 5.97 Å². The van der Waals surface area contributed by atoms with E-state index < -0.39 is 24.1 Å². The van der Waals surface area contributed by atoms with Crippen LogP contribution in [0.15, 0.2) is 30.5 Å². The number of nitrogen functional groups attached to an aromatic ring is 1. The number of aromatic nitrogens is 3. The second-order valence-electron chi connectivity index (χ2n) is 11.9. The molecule has 0 amide bonds. The molecule has 1 aliphatic heterocycles. The molecular weight excluding hydrogens is 534 g/mol. The number of unbranched alkanes of at least 4 members (excludes halogenated alkanes) is 1. The van der Waals surface area contributed by atoms with Crippen molar-refractivity contribution in [2.45, 2.75) is 97.9 Å². The Hall–Kier alpha value is -3.11. The molecule has 10 nitrogen and oxygen atoms in total. The zero-order valence-electron chi connectivity index (χ0n) is 26.0. The van der Waals surface area contributed by atoms with Crippen LogP contribution in [0, 0.1) is 23.7 Å². The molecule has 3 unspecified atom stereocenters. The minimum atomic E-state index is -0.844. The number of carbonyl (C=O) groups is 3. The largest absolute Gasteiger partial charge is 0.459 e. The number of benzene rings is 1.